The van der Waals surface area contributed by atoms with E-state index in [9.17, 15) is 0 Å². The summed E-state index contributed by atoms with van der Waals surface area (Å²) in [7, 11) is 4.88. The van der Waals surface area contributed by atoms with Gasteiger partial charge in [-0.15, -0.1) is 0 Å². The maximum Gasteiger partial charge on any atom is 0.165 e. The summed E-state index contributed by atoms with van der Waals surface area (Å²) in [5.41, 5.74) is 0.984. The smallest absolute Gasteiger partial charge is 0.165 e. The number of halogens is 1. The number of ether oxygens (including phenoxy) is 3. The summed E-state index contributed by atoms with van der Waals surface area (Å²) in [5, 5.41) is 4.00. The number of rotatable bonds is 5. The van der Waals surface area contributed by atoms with Gasteiger partial charge in [0, 0.05) is 11.6 Å². The number of benzene rings is 1. The van der Waals surface area contributed by atoms with Gasteiger partial charge in [-0.25, -0.2) is 0 Å². The molecule has 0 bridgehead atoms. The molecular formula is C15H22ClNO3. The number of piperidine rings is 1. The number of hydrogen-bond donors (Lipinski definition) is 1. The molecule has 2 rings (SSSR count). The molecular weight excluding hydrogens is 278 g/mol. The monoisotopic (exact) mass is 299 g/mol. The minimum atomic E-state index is 0.611. The van der Waals surface area contributed by atoms with Crippen LogP contribution in [0.15, 0.2) is 6.07 Å². The Labute approximate surface area is 125 Å². The van der Waals surface area contributed by atoms with Gasteiger partial charge in [0.2, 0.25) is 0 Å². The number of hydrogen-bond acceptors (Lipinski definition) is 4. The van der Waals surface area contributed by atoms with E-state index in [4.69, 9.17) is 25.8 Å². The van der Waals surface area contributed by atoms with Gasteiger partial charge >= 0.3 is 0 Å². The lowest BCUT2D eigenvalue weighted by atomic mass is 9.90. The van der Waals surface area contributed by atoms with Crippen LogP contribution < -0.4 is 19.5 Å². The topological polar surface area (TPSA) is 39.7 Å². The third-order valence-electron chi connectivity index (χ3n) is 3.84. The predicted molar refractivity (Wildman–Crippen MR) is 80.4 cm³/mol. The van der Waals surface area contributed by atoms with E-state index in [0.717, 1.165) is 43.7 Å². The first-order valence-electron chi connectivity index (χ1n) is 6.89. The highest BCUT2D eigenvalue weighted by Gasteiger charge is 2.23. The SMILES string of the molecule is COc1cc(OC)c(OC)c(CC2CCNCC2)c1Cl. The fraction of sp³-hybridized carbons (Fsp3) is 0.600. The molecule has 1 saturated heterocycles. The summed E-state index contributed by atoms with van der Waals surface area (Å²) in [5.74, 6) is 2.63. The summed E-state index contributed by atoms with van der Waals surface area (Å²) in [6.45, 7) is 2.12. The molecule has 0 radical (unpaired) electrons. The van der Waals surface area contributed by atoms with Crippen LogP contribution in [0.4, 0.5) is 0 Å². The quantitative estimate of drug-likeness (QED) is 0.907. The minimum absolute atomic E-state index is 0.611. The van der Waals surface area contributed by atoms with Crippen LogP contribution >= 0.6 is 11.6 Å². The van der Waals surface area contributed by atoms with Crippen molar-refractivity contribution >= 4 is 11.6 Å². The van der Waals surface area contributed by atoms with Crippen molar-refractivity contribution in [3.05, 3.63) is 16.7 Å². The zero-order chi connectivity index (χ0) is 14.5. The van der Waals surface area contributed by atoms with Crippen molar-refractivity contribution in [1.82, 2.24) is 5.32 Å². The number of methoxy groups -OCH3 is 3. The van der Waals surface area contributed by atoms with Crippen molar-refractivity contribution in [1.29, 1.82) is 0 Å². The van der Waals surface area contributed by atoms with Gasteiger partial charge in [-0.1, -0.05) is 11.6 Å². The molecule has 112 valence electrons. The normalized spacial score (nSPS) is 16.0. The van der Waals surface area contributed by atoms with Crippen LogP contribution in [0.2, 0.25) is 5.02 Å². The Morgan fingerprint density at radius 2 is 1.75 bits per heavy atom. The van der Waals surface area contributed by atoms with E-state index >= 15 is 0 Å². The zero-order valence-corrected chi connectivity index (χ0v) is 13.0. The second kappa shape index (κ2) is 7.04. The van der Waals surface area contributed by atoms with Crippen molar-refractivity contribution in [3.8, 4) is 17.2 Å². The molecule has 1 aromatic carbocycles. The average molecular weight is 300 g/mol. The lowest BCUT2D eigenvalue weighted by Crippen LogP contribution is -2.28. The van der Waals surface area contributed by atoms with Gasteiger partial charge in [0.05, 0.1) is 26.4 Å². The molecule has 0 amide bonds. The lowest BCUT2D eigenvalue weighted by molar-refractivity contribution is 0.334. The highest BCUT2D eigenvalue weighted by molar-refractivity contribution is 6.33. The van der Waals surface area contributed by atoms with E-state index in [1.807, 2.05) is 0 Å². The maximum atomic E-state index is 6.46. The molecule has 0 unspecified atom stereocenters. The van der Waals surface area contributed by atoms with Crippen molar-refractivity contribution in [2.45, 2.75) is 19.3 Å². The summed E-state index contributed by atoms with van der Waals surface area (Å²) < 4.78 is 16.2. The van der Waals surface area contributed by atoms with Crippen LogP contribution in [0, 0.1) is 5.92 Å². The highest BCUT2D eigenvalue weighted by Crippen LogP contribution is 2.43. The van der Waals surface area contributed by atoms with Crippen LogP contribution in [-0.4, -0.2) is 34.4 Å². The molecule has 1 aliphatic rings. The predicted octanol–water partition coefficient (Wildman–Crippen LogP) is 2.91. The third kappa shape index (κ3) is 3.13. The Hall–Kier alpha value is -1.13. The Bertz CT molecular complexity index is 459. The van der Waals surface area contributed by atoms with Gasteiger partial charge in [-0.3, -0.25) is 0 Å². The highest BCUT2D eigenvalue weighted by atomic mass is 35.5. The lowest BCUT2D eigenvalue weighted by Gasteiger charge is -2.25. The molecule has 1 aliphatic heterocycles. The van der Waals surface area contributed by atoms with E-state index in [2.05, 4.69) is 5.32 Å². The first-order chi connectivity index (χ1) is 9.71. The first kappa shape index (κ1) is 15.3. The van der Waals surface area contributed by atoms with Gasteiger partial charge < -0.3 is 19.5 Å². The van der Waals surface area contributed by atoms with Gasteiger partial charge in [0.25, 0.3) is 0 Å². The molecule has 0 atom stereocenters. The number of nitrogens with one attached hydrogen (secondary N) is 1. The van der Waals surface area contributed by atoms with E-state index in [0.29, 0.717) is 22.4 Å². The van der Waals surface area contributed by atoms with E-state index in [1.54, 1.807) is 27.4 Å². The standard InChI is InChI=1S/C15H22ClNO3/c1-18-12-9-13(19-2)15(20-3)11(14(12)16)8-10-4-6-17-7-5-10/h9-10,17H,4-8H2,1-3H3. The van der Waals surface area contributed by atoms with Crippen molar-refractivity contribution < 1.29 is 14.2 Å². The van der Waals surface area contributed by atoms with Gasteiger partial charge in [0.15, 0.2) is 11.5 Å². The van der Waals surface area contributed by atoms with Crippen LogP contribution in [0.1, 0.15) is 18.4 Å². The van der Waals surface area contributed by atoms with Crippen LogP contribution in [0.25, 0.3) is 0 Å². The zero-order valence-electron chi connectivity index (χ0n) is 12.3. The molecule has 5 heteroatoms. The van der Waals surface area contributed by atoms with Gasteiger partial charge in [0.1, 0.15) is 5.75 Å². The van der Waals surface area contributed by atoms with Gasteiger partial charge in [-0.2, -0.15) is 0 Å². The van der Waals surface area contributed by atoms with E-state index < -0.39 is 0 Å². The first-order valence-corrected chi connectivity index (χ1v) is 7.27. The fourth-order valence-electron chi connectivity index (χ4n) is 2.73. The molecule has 0 saturated carbocycles. The largest absolute Gasteiger partial charge is 0.495 e. The Morgan fingerprint density at radius 3 is 2.30 bits per heavy atom. The molecule has 1 heterocycles. The molecule has 1 aromatic rings. The van der Waals surface area contributed by atoms with Gasteiger partial charge in [-0.05, 0) is 38.3 Å². The molecule has 0 aliphatic carbocycles. The van der Waals surface area contributed by atoms with Crippen LogP contribution in [0.5, 0.6) is 17.2 Å². The molecule has 20 heavy (non-hydrogen) atoms. The van der Waals surface area contributed by atoms with Crippen LogP contribution in [0.3, 0.4) is 0 Å². The molecule has 1 fully saturated rings. The Kier molecular flexibility index (Phi) is 5.38. The summed E-state index contributed by atoms with van der Waals surface area (Å²) in [6, 6.07) is 1.77. The molecule has 0 aromatic heterocycles. The molecule has 4 nitrogen and oxygen atoms in total. The Morgan fingerprint density at radius 1 is 1.10 bits per heavy atom. The van der Waals surface area contributed by atoms with Crippen LogP contribution in [-0.2, 0) is 6.42 Å². The van der Waals surface area contributed by atoms with Crippen molar-refractivity contribution in [3.63, 3.8) is 0 Å². The summed E-state index contributed by atoms with van der Waals surface area (Å²) in [6.07, 6.45) is 3.19. The second-order valence-electron chi connectivity index (χ2n) is 5.00. The molecule has 0 spiro atoms. The molecule has 1 N–H and O–H groups in total. The second-order valence-corrected chi connectivity index (χ2v) is 5.38. The summed E-state index contributed by atoms with van der Waals surface area (Å²) >= 11 is 6.46. The minimum Gasteiger partial charge on any atom is -0.495 e. The fourth-order valence-corrected chi connectivity index (χ4v) is 3.02. The third-order valence-corrected chi connectivity index (χ3v) is 4.25. The van der Waals surface area contributed by atoms with E-state index in [-0.39, 0.29) is 0 Å². The Balaban J connectivity index is 2.36. The summed E-state index contributed by atoms with van der Waals surface area (Å²) in [4.78, 5) is 0. The maximum absolute atomic E-state index is 6.46. The van der Waals surface area contributed by atoms with Crippen molar-refractivity contribution in [2.24, 2.45) is 5.92 Å². The van der Waals surface area contributed by atoms with Crippen molar-refractivity contribution in [2.75, 3.05) is 34.4 Å². The van der Waals surface area contributed by atoms with E-state index in [1.165, 1.54) is 0 Å². The average Bonchev–Trinajstić information content (AvgIpc) is 2.50.